The van der Waals surface area contributed by atoms with Gasteiger partial charge in [0.1, 0.15) is 4.60 Å². The lowest BCUT2D eigenvalue weighted by Crippen LogP contribution is -2.58. The van der Waals surface area contributed by atoms with Crippen LogP contribution in [0.25, 0.3) is 0 Å². The lowest BCUT2D eigenvalue weighted by atomic mass is 9.96. The van der Waals surface area contributed by atoms with Gasteiger partial charge in [0.05, 0.1) is 12.4 Å². The predicted octanol–water partition coefficient (Wildman–Crippen LogP) is 1.94. The summed E-state index contributed by atoms with van der Waals surface area (Å²) < 4.78 is 0.659. The van der Waals surface area contributed by atoms with Gasteiger partial charge < -0.3 is 5.32 Å². The molecule has 0 spiro atoms. The van der Waals surface area contributed by atoms with Crippen molar-refractivity contribution in [3.05, 3.63) is 17.0 Å². The average Bonchev–Trinajstić information content (AvgIpc) is 2.19. The Hall–Kier alpha value is -1.17. The monoisotopic (exact) mass is 284 g/mol. The number of carbonyl (C=O) groups is 1. The zero-order valence-corrected chi connectivity index (χ0v) is 10.8. The minimum Gasteiger partial charge on any atom is -0.338 e. The first kappa shape index (κ1) is 11.3. The third-order valence-electron chi connectivity index (χ3n) is 2.66. The van der Waals surface area contributed by atoms with Crippen LogP contribution in [0.2, 0.25) is 0 Å². The number of rotatable bonds is 1. The van der Waals surface area contributed by atoms with Crippen LogP contribution < -0.4 is 10.2 Å². The summed E-state index contributed by atoms with van der Waals surface area (Å²) >= 11 is 3.22. The van der Waals surface area contributed by atoms with Crippen LogP contribution in [0.15, 0.2) is 17.0 Å². The van der Waals surface area contributed by atoms with Crippen LogP contribution in [0.4, 0.5) is 10.6 Å². The molecule has 0 unspecified atom stereocenters. The molecule has 1 saturated heterocycles. The van der Waals surface area contributed by atoms with E-state index in [4.69, 9.17) is 0 Å². The van der Waals surface area contributed by atoms with Crippen LogP contribution in [0.5, 0.6) is 0 Å². The van der Waals surface area contributed by atoms with E-state index in [1.807, 2.05) is 13.8 Å². The summed E-state index contributed by atoms with van der Waals surface area (Å²) in [6, 6.07) is -0.118. The van der Waals surface area contributed by atoms with Crippen molar-refractivity contribution in [1.29, 1.82) is 0 Å². The standard InChI is InChI=1S/C10H13BrN4O/c1-10(2)3-4-12-9(16)15(10)8-6-13-7(11)5-14-8/h5-6H,3-4H2,1-2H3,(H,12,16). The molecule has 2 rings (SSSR count). The minimum absolute atomic E-state index is 0.118. The number of urea groups is 1. The third kappa shape index (κ3) is 2.02. The number of halogens is 1. The number of hydrogen-bond donors (Lipinski definition) is 1. The SMILES string of the molecule is CC1(C)CCNC(=O)N1c1cnc(Br)cn1. The van der Waals surface area contributed by atoms with Crippen molar-refractivity contribution in [2.75, 3.05) is 11.4 Å². The predicted molar refractivity (Wildman–Crippen MR) is 64.3 cm³/mol. The summed E-state index contributed by atoms with van der Waals surface area (Å²) in [6.07, 6.45) is 4.07. The summed E-state index contributed by atoms with van der Waals surface area (Å²) in [7, 11) is 0. The molecule has 1 aromatic heterocycles. The Balaban J connectivity index is 2.36. The Morgan fingerprint density at radius 1 is 1.44 bits per heavy atom. The van der Waals surface area contributed by atoms with Crippen molar-refractivity contribution in [2.24, 2.45) is 0 Å². The number of anilines is 1. The fraction of sp³-hybridized carbons (Fsp3) is 0.500. The van der Waals surface area contributed by atoms with Gasteiger partial charge in [-0.15, -0.1) is 0 Å². The van der Waals surface area contributed by atoms with Crippen molar-refractivity contribution in [3.8, 4) is 0 Å². The maximum Gasteiger partial charge on any atom is 0.323 e. The van der Waals surface area contributed by atoms with E-state index >= 15 is 0 Å². The number of nitrogens with one attached hydrogen (secondary N) is 1. The molecule has 16 heavy (non-hydrogen) atoms. The van der Waals surface area contributed by atoms with Gasteiger partial charge in [-0.3, -0.25) is 4.90 Å². The van der Waals surface area contributed by atoms with Crippen molar-refractivity contribution < 1.29 is 4.79 Å². The molecule has 1 aromatic rings. The van der Waals surface area contributed by atoms with Gasteiger partial charge in [0.25, 0.3) is 0 Å². The maximum absolute atomic E-state index is 11.8. The molecule has 0 aliphatic carbocycles. The lowest BCUT2D eigenvalue weighted by molar-refractivity contribution is 0.229. The van der Waals surface area contributed by atoms with Crippen molar-refractivity contribution in [2.45, 2.75) is 25.8 Å². The van der Waals surface area contributed by atoms with Gasteiger partial charge in [0.15, 0.2) is 5.82 Å². The van der Waals surface area contributed by atoms with E-state index in [1.165, 1.54) is 0 Å². The van der Waals surface area contributed by atoms with Crippen LogP contribution in [0.1, 0.15) is 20.3 Å². The molecule has 2 amide bonds. The van der Waals surface area contributed by atoms with Gasteiger partial charge in [-0.25, -0.2) is 14.8 Å². The fourth-order valence-corrected chi connectivity index (χ4v) is 1.98. The highest BCUT2D eigenvalue weighted by Gasteiger charge is 2.36. The van der Waals surface area contributed by atoms with Gasteiger partial charge in [-0.05, 0) is 36.2 Å². The molecule has 1 aliphatic heterocycles. The molecule has 1 N–H and O–H groups in total. The molecular weight excluding hydrogens is 272 g/mol. The zero-order valence-electron chi connectivity index (χ0n) is 9.20. The summed E-state index contributed by atoms with van der Waals surface area (Å²) in [4.78, 5) is 21.8. The van der Waals surface area contributed by atoms with Crippen molar-refractivity contribution in [3.63, 3.8) is 0 Å². The topological polar surface area (TPSA) is 58.1 Å². The summed E-state index contributed by atoms with van der Waals surface area (Å²) in [5.74, 6) is 0.574. The van der Waals surface area contributed by atoms with E-state index in [2.05, 4.69) is 31.2 Å². The highest BCUT2D eigenvalue weighted by molar-refractivity contribution is 9.10. The second kappa shape index (κ2) is 4.01. The number of hydrogen-bond acceptors (Lipinski definition) is 3. The molecule has 2 heterocycles. The quantitative estimate of drug-likeness (QED) is 0.857. The molecule has 0 radical (unpaired) electrons. The Morgan fingerprint density at radius 2 is 2.19 bits per heavy atom. The van der Waals surface area contributed by atoms with E-state index in [0.29, 0.717) is 17.0 Å². The number of aromatic nitrogens is 2. The molecule has 1 fully saturated rings. The molecule has 0 aromatic carbocycles. The number of amides is 2. The van der Waals surface area contributed by atoms with Gasteiger partial charge in [-0.1, -0.05) is 0 Å². The van der Waals surface area contributed by atoms with E-state index in [1.54, 1.807) is 17.3 Å². The number of nitrogens with zero attached hydrogens (tertiary/aromatic N) is 3. The highest BCUT2D eigenvalue weighted by Crippen LogP contribution is 2.27. The average molecular weight is 285 g/mol. The molecular formula is C10H13BrN4O. The molecule has 6 heteroatoms. The van der Waals surface area contributed by atoms with Crippen LogP contribution in [-0.2, 0) is 0 Å². The zero-order chi connectivity index (χ0) is 11.8. The van der Waals surface area contributed by atoms with Crippen LogP contribution in [-0.4, -0.2) is 28.1 Å². The third-order valence-corrected chi connectivity index (χ3v) is 3.07. The van der Waals surface area contributed by atoms with Crippen LogP contribution in [0.3, 0.4) is 0 Å². The Bertz CT molecular complexity index is 404. The second-order valence-electron chi connectivity index (χ2n) is 4.33. The summed E-state index contributed by atoms with van der Waals surface area (Å²) in [6.45, 7) is 4.75. The summed E-state index contributed by atoms with van der Waals surface area (Å²) in [5, 5.41) is 2.81. The summed E-state index contributed by atoms with van der Waals surface area (Å²) in [5.41, 5.74) is -0.231. The first-order valence-electron chi connectivity index (χ1n) is 5.06. The largest absolute Gasteiger partial charge is 0.338 e. The van der Waals surface area contributed by atoms with Crippen molar-refractivity contribution >= 4 is 27.8 Å². The molecule has 0 atom stereocenters. The van der Waals surface area contributed by atoms with E-state index < -0.39 is 0 Å². The molecule has 0 bridgehead atoms. The fourth-order valence-electron chi connectivity index (χ4n) is 1.78. The lowest BCUT2D eigenvalue weighted by Gasteiger charge is -2.41. The normalized spacial score (nSPS) is 19.4. The van der Waals surface area contributed by atoms with Crippen LogP contribution >= 0.6 is 15.9 Å². The second-order valence-corrected chi connectivity index (χ2v) is 5.14. The van der Waals surface area contributed by atoms with Crippen LogP contribution in [0, 0.1) is 0 Å². The van der Waals surface area contributed by atoms with Gasteiger partial charge in [0.2, 0.25) is 0 Å². The molecule has 86 valence electrons. The first-order valence-corrected chi connectivity index (χ1v) is 5.85. The Labute approximate surface area is 102 Å². The van der Waals surface area contributed by atoms with Gasteiger partial charge in [0, 0.05) is 12.1 Å². The molecule has 1 aliphatic rings. The van der Waals surface area contributed by atoms with E-state index in [9.17, 15) is 4.79 Å². The highest BCUT2D eigenvalue weighted by atomic mass is 79.9. The molecule has 0 saturated carbocycles. The minimum atomic E-state index is -0.231. The van der Waals surface area contributed by atoms with Gasteiger partial charge >= 0.3 is 6.03 Å². The van der Waals surface area contributed by atoms with E-state index in [0.717, 1.165) is 6.42 Å². The first-order chi connectivity index (χ1) is 7.50. The maximum atomic E-state index is 11.8. The Morgan fingerprint density at radius 3 is 2.75 bits per heavy atom. The number of carbonyl (C=O) groups excluding carboxylic acids is 1. The van der Waals surface area contributed by atoms with Gasteiger partial charge in [-0.2, -0.15) is 0 Å². The van der Waals surface area contributed by atoms with Crippen molar-refractivity contribution in [1.82, 2.24) is 15.3 Å². The smallest absolute Gasteiger partial charge is 0.323 e. The van der Waals surface area contributed by atoms with E-state index in [-0.39, 0.29) is 11.6 Å². The molecule has 5 nitrogen and oxygen atoms in total. The Kier molecular flexibility index (Phi) is 2.84.